The highest BCUT2D eigenvalue weighted by Crippen LogP contribution is 2.29. The Hall–Kier alpha value is -3.44. The maximum Gasteiger partial charge on any atom is 0.238 e. The van der Waals surface area contributed by atoms with Gasteiger partial charge < -0.3 is 10.2 Å². The van der Waals surface area contributed by atoms with E-state index in [9.17, 15) is 9.59 Å². The molecule has 176 valence electrons. The number of para-hydroxylation sites is 1. The molecule has 1 fully saturated rings. The average molecular weight is 456 g/mol. The summed E-state index contributed by atoms with van der Waals surface area (Å²) in [6.07, 6.45) is 0.446. The van der Waals surface area contributed by atoms with Gasteiger partial charge in [0.2, 0.25) is 11.8 Å². The number of anilines is 1. The number of nitrogens with zero attached hydrogens (tertiary/aromatic N) is 2. The molecule has 1 aliphatic rings. The number of carbonyl (C=O) groups is 2. The van der Waals surface area contributed by atoms with Crippen LogP contribution in [0.5, 0.6) is 0 Å². The molecule has 2 amide bonds. The van der Waals surface area contributed by atoms with Gasteiger partial charge in [0, 0.05) is 44.2 Å². The summed E-state index contributed by atoms with van der Waals surface area (Å²) in [5.41, 5.74) is 5.34. The summed E-state index contributed by atoms with van der Waals surface area (Å²) in [6, 6.07) is 26.5. The summed E-state index contributed by atoms with van der Waals surface area (Å²) in [7, 11) is 0. The van der Waals surface area contributed by atoms with Crippen LogP contribution in [0, 0.1) is 13.8 Å². The van der Waals surface area contributed by atoms with Crippen molar-refractivity contribution in [3.05, 3.63) is 101 Å². The van der Waals surface area contributed by atoms with Crippen LogP contribution in [0.4, 0.5) is 5.69 Å². The van der Waals surface area contributed by atoms with Crippen LogP contribution in [0.1, 0.15) is 34.6 Å². The number of benzene rings is 3. The predicted molar refractivity (Wildman–Crippen MR) is 137 cm³/mol. The van der Waals surface area contributed by atoms with E-state index in [1.165, 1.54) is 0 Å². The first-order valence-electron chi connectivity index (χ1n) is 12.0. The number of piperazine rings is 1. The van der Waals surface area contributed by atoms with Crippen molar-refractivity contribution in [2.45, 2.75) is 26.2 Å². The molecule has 0 radical (unpaired) electrons. The van der Waals surface area contributed by atoms with E-state index in [4.69, 9.17) is 0 Å². The summed E-state index contributed by atoms with van der Waals surface area (Å²) in [5, 5.41) is 3.06. The van der Waals surface area contributed by atoms with Gasteiger partial charge in [0.15, 0.2) is 0 Å². The van der Waals surface area contributed by atoms with E-state index < -0.39 is 0 Å². The first-order valence-corrected chi connectivity index (χ1v) is 12.0. The topological polar surface area (TPSA) is 52.7 Å². The van der Waals surface area contributed by atoms with Gasteiger partial charge in [-0.25, -0.2) is 0 Å². The molecule has 34 heavy (non-hydrogen) atoms. The molecule has 0 unspecified atom stereocenters. The Labute approximate surface area is 202 Å². The number of aryl methyl sites for hydroxylation is 2. The van der Waals surface area contributed by atoms with Crippen molar-refractivity contribution in [1.29, 1.82) is 0 Å². The molecule has 1 saturated heterocycles. The van der Waals surface area contributed by atoms with E-state index >= 15 is 0 Å². The molecule has 1 aliphatic heterocycles. The maximum atomic E-state index is 13.2. The zero-order valence-electron chi connectivity index (χ0n) is 20.0. The minimum absolute atomic E-state index is 0.00889. The molecule has 5 heteroatoms. The third kappa shape index (κ3) is 5.91. The van der Waals surface area contributed by atoms with Crippen molar-refractivity contribution >= 4 is 17.5 Å². The molecule has 3 aromatic rings. The van der Waals surface area contributed by atoms with Crippen molar-refractivity contribution in [2.75, 3.05) is 38.0 Å². The molecule has 3 aromatic carbocycles. The largest absolute Gasteiger partial charge is 0.340 e. The Morgan fingerprint density at radius 1 is 0.765 bits per heavy atom. The quantitative estimate of drug-likeness (QED) is 0.566. The van der Waals surface area contributed by atoms with E-state index in [1.54, 1.807) is 0 Å². The molecule has 1 N–H and O–H groups in total. The van der Waals surface area contributed by atoms with Crippen molar-refractivity contribution in [3.63, 3.8) is 0 Å². The van der Waals surface area contributed by atoms with E-state index in [0.717, 1.165) is 27.9 Å². The fraction of sp³-hybridized carbons (Fsp3) is 0.310. The minimum Gasteiger partial charge on any atom is -0.340 e. The Balaban J connectivity index is 1.32. The minimum atomic E-state index is -0.00889. The van der Waals surface area contributed by atoms with E-state index in [-0.39, 0.29) is 17.7 Å². The maximum absolute atomic E-state index is 13.2. The highest BCUT2D eigenvalue weighted by molar-refractivity contribution is 5.93. The average Bonchev–Trinajstić information content (AvgIpc) is 2.86. The second-order valence-electron chi connectivity index (χ2n) is 9.05. The Kier molecular flexibility index (Phi) is 7.76. The standard InChI is InChI=1S/C29H33N3O2/c1-22-10-9-11-23(2)29(22)30-27(33)21-31-16-18-32(19-17-31)28(34)20-26(24-12-5-3-6-13-24)25-14-7-4-8-15-25/h3-15,26H,16-21H2,1-2H3,(H,30,33). The molecule has 0 saturated carbocycles. The Bertz CT molecular complexity index is 1050. The number of nitrogens with one attached hydrogen (secondary N) is 1. The number of rotatable bonds is 7. The molecule has 0 bridgehead atoms. The molecule has 4 rings (SSSR count). The van der Waals surface area contributed by atoms with Gasteiger partial charge in [-0.15, -0.1) is 0 Å². The Morgan fingerprint density at radius 3 is 1.82 bits per heavy atom. The fourth-order valence-electron chi connectivity index (χ4n) is 4.65. The second-order valence-corrected chi connectivity index (χ2v) is 9.05. The van der Waals surface area contributed by atoms with Crippen molar-refractivity contribution in [2.24, 2.45) is 0 Å². The molecular weight excluding hydrogens is 422 g/mol. The van der Waals surface area contributed by atoms with Crippen molar-refractivity contribution < 1.29 is 9.59 Å². The molecule has 0 spiro atoms. The highest BCUT2D eigenvalue weighted by atomic mass is 16.2. The van der Waals surface area contributed by atoms with Gasteiger partial charge >= 0.3 is 0 Å². The monoisotopic (exact) mass is 455 g/mol. The number of hydrogen-bond donors (Lipinski definition) is 1. The fourth-order valence-corrected chi connectivity index (χ4v) is 4.65. The van der Waals surface area contributed by atoms with Crippen molar-refractivity contribution in [3.8, 4) is 0 Å². The van der Waals surface area contributed by atoms with Crippen LogP contribution in [-0.4, -0.2) is 54.3 Å². The summed E-state index contributed by atoms with van der Waals surface area (Å²) < 4.78 is 0. The zero-order valence-corrected chi connectivity index (χ0v) is 20.0. The molecule has 1 heterocycles. The second kappa shape index (κ2) is 11.1. The summed E-state index contributed by atoms with van der Waals surface area (Å²) >= 11 is 0. The molecular formula is C29H33N3O2. The van der Waals surface area contributed by atoms with Crippen LogP contribution < -0.4 is 5.32 Å². The smallest absolute Gasteiger partial charge is 0.238 e. The zero-order chi connectivity index (χ0) is 23.9. The number of carbonyl (C=O) groups excluding carboxylic acids is 2. The van der Waals surface area contributed by atoms with Gasteiger partial charge in [-0.3, -0.25) is 14.5 Å². The molecule has 0 aromatic heterocycles. The SMILES string of the molecule is Cc1cccc(C)c1NC(=O)CN1CCN(C(=O)CC(c2ccccc2)c2ccccc2)CC1. The summed E-state index contributed by atoms with van der Waals surface area (Å²) in [4.78, 5) is 29.9. The first kappa shape index (κ1) is 23.7. The van der Waals surface area contributed by atoms with Gasteiger partial charge in [-0.1, -0.05) is 78.9 Å². The van der Waals surface area contributed by atoms with Crippen LogP contribution in [-0.2, 0) is 9.59 Å². The first-order chi connectivity index (χ1) is 16.5. The lowest BCUT2D eigenvalue weighted by atomic mass is 9.88. The van der Waals surface area contributed by atoms with Crippen LogP contribution in [0.25, 0.3) is 0 Å². The normalized spacial score (nSPS) is 14.3. The van der Waals surface area contributed by atoms with Gasteiger partial charge in [0.05, 0.1) is 6.54 Å². The van der Waals surface area contributed by atoms with E-state index in [2.05, 4.69) is 34.5 Å². The van der Waals surface area contributed by atoms with Crippen LogP contribution in [0.2, 0.25) is 0 Å². The van der Waals surface area contributed by atoms with E-state index in [1.807, 2.05) is 73.3 Å². The lowest BCUT2D eigenvalue weighted by Crippen LogP contribution is -2.50. The van der Waals surface area contributed by atoms with Gasteiger partial charge in [-0.05, 0) is 36.1 Å². The molecule has 0 aliphatic carbocycles. The van der Waals surface area contributed by atoms with Crippen molar-refractivity contribution in [1.82, 2.24) is 9.80 Å². The third-order valence-corrected chi connectivity index (χ3v) is 6.62. The lowest BCUT2D eigenvalue weighted by molar-refractivity contribution is -0.133. The number of amides is 2. The molecule has 0 atom stereocenters. The lowest BCUT2D eigenvalue weighted by Gasteiger charge is -2.35. The Morgan fingerprint density at radius 2 is 1.29 bits per heavy atom. The van der Waals surface area contributed by atoms with Crippen LogP contribution >= 0.6 is 0 Å². The molecule has 5 nitrogen and oxygen atoms in total. The third-order valence-electron chi connectivity index (χ3n) is 6.62. The summed E-state index contributed by atoms with van der Waals surface area (Å²) in [5.74, 6) is 0.193. The van der Waals surface area contributed by atoms with Gasteiger partial charge in [0.25, 0.3) is 0 Å². The van der Waals surface area contributed by atoms with Crippen LogP contribution in [0.3, 0.4) is 0 Å². The van der Waals surface area contributed by atoms with Gasteiger partial charge in [0.1, 0.15) is 0 Å². The van der Waals surface area contributed by atoms with Gasteiger partial charge in [-0.2, -0.15) is 0 Å². The summed E-state index contributed by atoms with van der Waals surface area (Å²) in [6.45, 7) is 7.04. The van der Waals surface area contributed by atoms with Crippen LogP contribution in [0.15, 0.2) is 78.9 Å². The number of hydrogen-bond acceptors (Lipinski definition) is 3. The predicted octanol–water partition coefficient (Wildman–Crippen LogP) is 4.61. The van der Waals surface area contributed by atoms with E-state index in [0.29, 0.717) is 39.1 Å². The highest BCUT2D eigenvalue weighted by Gasteiger charge is 2.26.